The lowest BCUT2D eigenvalue weighted by Crippen LogP contribution is -2.34. The van der Waals surface area contributed by atoms with E-state index in [9.17, 15) is 4.79 Å². The van der Waals surface area contributed by atoms with Crippen LogP contribution in [0.4, 0.5) is 0 Å². The molecular weight excluding hydrogens is 350 g/mol. The number of fused-ring (bicyclic) bond motifs is 1. The van der Waals surface area contributed by atoms with Crippen molar-refractivity contribution in [3.05, 3.63) is 52.4 Å². The molecule has 4 rings (SSSR count). The van der Waals surface area contributed by atoms with E-state index in [0.29, 0.717) is 34.9 Å². The van der Waals surface area contributed by atoms with Crippen LogP contribution in [0.25, 0.3) is 0 Å². The molecule has 26 heavy (non-hydrogen) atoms. The van der Waals surface area contributed by atoms with Crippen molar-refractivity contribution in [2.24, 2.45) is 11.8 Å². The molecule has 2 aliphatic heterocycles. The van der Waals surface area contributed by atoms with Crippen LogP contribution < -0.4 is 0 Å². The van der Waals surface area contributed by atoms with Crippen molar-refractivity contribution in [2.45, 2.75) is 26.8 Å². The van der Waals surface area contributed by atoms with E-state index >= 15 is 0 Å². The summed E-state index contributed by atoms with van der Waals surface area (Å²) in [7, 11) is 2.20. The van der Waals surface area contributed by atoms with Crippen molar-refractivity contribution in [1.82, 2.24) is 15.0 Å². The third-order valence-corrected chi connectivity index (χ3v) is 5.94. The molecule has 1 aromatic carbocycles. The van der Waals surface area contributed by atoms with Crippen LogP contribution in [0.15, 0.2) is 28.8 Å². The summed E-state index contributed by atoms with van der Waals surface area (Å²) < 4.78 is 5.19. The highest BCUT2D eigenvalue weighted by atomic mass is 35.5. The molecule has 0 unspecified atom stereocenters. The van der Waals surface area contributed by atoms with Crippen molar-refractivity contribution >= 4 is 18.3 Å². The molecule has 0 aliphatic carbocycles. The topological polar surface area (TPSA) is 49.6 Å². The Morgan fingerprint density at radius 1 is 1.15 bits per heavy atom. The van der Waals surface area contributed by atoms with E-state index in [1.54, 1.807) is 0 Å². The van der Waals surface area contributed by atoms with Crippen LogP contribution in [0.1, 0.15) is 39.0 Å². The molecule has 2 saturated heterocycles. The van der Waals surface area contributed by atoms with E-state index in [-0.39, 0.29) is 18.3 Å². The molecule has 2 fully saturated rings. The Hall–Kier alpha value is -1.85. The Bertz CT molecular complexity index is 800. The summed E-state index contributed by atoms with van der Waals surface area (Å²) >= 11 is 0. The first-order valence-corrected chi connectivity index (χ1v) is 8.95. The number of aromatic nitrogens is 1. The quantitative estimate of drug-likeness (QED) is 0.807. The SMILES string of the molecule is Cc1ccccc1[C@@H]1[C@@H]2CN(C(=O)c3c(C)noc3C)C[C@@H]2CN1C.Cl. The molecule has 2 aromatic rings. The van der Waals surface area contributed by atoms with Gasteiger partial charge in [0.25, 0.3) is 5.91 Å². The molecule has 2 aliphatic rings. The average Bonchev–Trinajstić information content (AvgIpc) is 3.21. The summed E-state index contributed by atoms with van der Waals surface area (Å²) in [6.45, 7) is 8.49. The van der Waals surface area contributed by atoms with Crippen LogP contribution in [0, 0.1) is 32.6 Å². The second-order valence-electron chi connectivity index (χ2n) is 7.57. The second kappa shape index (κ2) is 7.05. The number of aryl methyl sites for hydroxylation is 3. The number of benzene rings is 1. The van der Waals surface area contributed by atoms with Crippen LogP contribution in [0.2, 0.25) is 0 Å². The van der Waals surface area contributed by atoms with E-state index in [2.05, 4.69) is 48.3 Å². The maximum absolute atomic E-state index is 13.0. The molecular formula is C20H26ClN3O2. The monoisotopic (exact) mass is 375 g/mol. The summed E-state index contributed by atoms with van der Waals surface area (Å²) in [4.78, 5) is 17.4. The van der Waals surface area contributed by atoms with E-state index in [0.717, 1.165) is 19.6 Å². The molecule has 1 aromatic heterocycles. The van der Waals surface area contributed by atoms with Gasteiger partial charge in [-0.1, -0.05) is 29.4 Å². The highest BCUT2D eigenvalue weighted by Crippen LogP contribution is 2.45. The molecule has 3 atom stereocenters. The lowest BCUT2D eigenvalue weighted by atomic mass is 9.88. The number of hydrogen-bond acceptors (Lipinski definition) is 4. The molecule has 3 heterocycles. The number of nitrogens with zero attached hydrogens (tertiary/aromatic N) is 3. The molecule has 0 spiro atoms. The molecule has 0 bridgehead atoms. The van der Waals surface area contributed by atoms with E-state index in [4.69, 9.17) is 4.52 Å². The number of rotatable bonds is 2. The fourth-order valence-corrected chi connectivity index (χ4v) is 4.76. The van der Waals surface area contributed by atoms with E-state index < -0.39 is 0 Å². The van der Waals surface area contributed by atoms with Crippen molar-refractivity contribution < 1.29 is 9.32 Å². The zero-order valence-electron chi connectivity index (χ0n) is 15.7. The number of halogens is 1. The van der Waals surface area contributed by atoms with Gasteiger partial charge in [-0.25, -0.2) is 0 Å². The largest absolute Gasteiger partial charge is 0.361 e. The first-order valence-electron chi connectivity index (χ1n) is 8.95. The lowest BCUT2D eigenvalue weighted by Gasteiger charge is -2.28. The van der Waals surface area contributed by atoms with Crippen LogP contribution in [0.3, 0.4) is 0 Å². The smallest absolute Gasteiger partial charge is 0.259 e. The zero-order chi connectivity index (χ0) is 17.7. The Kier molecular flexibility index (Phi) is 5.13. The predicted octanol–water partition coefficient (Wildman–Crippen LogP) is 3.40. The van der Waals surface area contributed by atoms with Crippen LogP contribution >= 0.6 is 12.4 Å². The van der Waals surface area contributed by atoms with Crippen molar-refractivity contribution in [3.8, 4) is 0 Å². The van der Waals surface area contributed by atoms with Gasteiger partial charge in [0, 0.05) is 31.6 Å². The van der Waals surface area contributed by atoms with Crippen LogP contribution in [-0.2, 0) is 0 Å². The summed E-state index contributed by atoms with van der Waals surface area (Å²) in [6.07, 6.45) is 0. The number of likely N-dealkylation sites (tertiary alicyclic amines) is 2. The highest BCUT2D eigenvalue weighted by molar-refractivity contribution is 5.96. The third-order valence-electron chi connectivity index (χ3n) is 5.94. The summed E-state index contributed by atoms with van der Waals surface area (Å²) in [5, 5.41) is 3.94. The Morgan fingerprint density at radius 3 is 2.54 bits per heavy atom. The second-order valence-corrected chi connectivity index (χ2v) is 7.57. The van der Waals surface area contributed by atoms with Gasteiger partial charge in [-0.3, -0.25) is 9.69 Å². The number of amides is 1. The molecule has 5 nitrogen and oxygen atoms in total. The average molecular weight is 376 g/mol. The van der Waals surface area contributed by atoms with E-state index in [1.807, 2.05) is 18.7 Å². The van der Waals surface area contributed by atoms with Crippen molar-refractivity contribution in [3.63, 3.8) is 0 Å². The highest BCUT2D eigenvalue weighted by Gasteiger charge is 2.48. The Labute approximate surface area is 160 Å². The molecule has 0 saturated carbocycles. The predicted molar refractivity (Wildman–Crippen MR) is 103 cm³/mol. The van der Waals surface area contributed by atoms with Crippen molar-refractivity contribution in [1.29, 1.82) is 0 Å². The van der Waals surface area contributed by atoms with Crippen LogP contribution in [0.5, 0.6) is 0 Å². The van der Waals surface area contributed by atoms with Gasteiger partial charge < -0.3 is 9.42 Å². The number of hydrogen-bond donors (Lipinski definition) is 0. The summed E-state index contributed by atoms with van der Waals surface area (Å²) in [5.41, 5.74) is 4.05. The minimum atomic E-state index is 0. The fourth-order valence-electron chi connectivity index (χ4n) is 4.76. The fraction of sp³-hybridized carbons (Fsp3) is 0.500. The maximum Gasteiger partial charge on any atom is 0.259 e. The zero-order valence-corrected chi connectivity index (χ0v) is 16.5. The summed E-state index contributed by atoms with van der Waals surface area (Å²) in [5.74, 6) is 1.69. The molecule has 0 N–H and O–H groups in total. The third kappa shape index (κ3) is 2.93. The van der Waals surface area contributed by atoms with Gasteiger partial charge in [-0.05, 0) is 44.9 Å². The molecule has 6 heteroatoms. The Balaban J connectivity index is 0.00000196. The lowest BCUT2D eigenvalue weighted by molar-refractivity contribution is 0.0765. The van der Waals surface area contributed by atoms with E-state index in [1.165, 1.54) is 11.1 Å². The first kappa shape index (κ1) is 18.9. The van der Waals surface area contributed by atoms with Gasteiger partial charge in [0.2, 0.25) is 0 Å². The Morgan fingerprint density at radius 2 is 1.88 bits per heavy atom. The van der Waals surface area contributed by atoms with Gasteiger partial charge in [0.05, 0.1) is 5.69 Å². The number of carbonyl (C=O) groups is 1. The van der Waals surface area contributed by atoms with Crippen molar-refractivity contribution in [2.75, 3.05) is 26.7 Å². The maximum atomic E-state index is 13.0. The van der Waals surface area contributed by atoms with Gasteiger partial charge in [-0.2, -0.15) is 0 Å². The van der Waals surface area contributed by atoms with Gasteiger partial charge in [0.15, 0.2) is 0 Å². The molecule has 140 valence electrons. The minimum absolute atomic E-state index is 0. The van der Waals surface area contributed by atoms with Gasteiger partial charge >= 0.3 is 0 Å². The van der Waals surface area contributed by atoms with Gasteiger partial charge in [-0.15, -0.1) is 12.4 Å². The number of carbonyl (C=O) groups excluding carboxylic acids is 1. The van der Waals surface area contributed by atoms with Gasteiger partial charge in [0.1, 0.15) is 11.3 Å². The minimum Gasteiger partial charge on any atom is -0.361 e. The molecule has 0 radical (unpaired) electrons. The summed E-state index contributed by atoms with van der Waals surface area (Å²) in [6, 6.07) is 9.00. The standard InChI is InChI=1S/C20H25N3O2.ClH/c1-12-7-5-6-8-16(12)19-17-11-23(10-15(17)9-22(19)4)20(24)18-13(2)21-25-14(18)3;/h5-8,15,17,19H,9-11H2,1-4H3;1H/t15-,17+,19+;/m0./s1. The first-order chi connectivity index (χ1) is 12.0. The molecule has 1 amide bonds. The van der Waals surface area contributed by atoms with Crippen LogP contribution in [-0.4, -0.2) is 47.5 Å². The normalized spacial score (nSPS) is 25.2.